The van der Waals surface area contributed by atoms with Crippen LogP contribution in [0.5, 0.6) is 0 Å². The van der Waals surface area contributed by atoms with Crippen LogP contribution in [0, 0.1) is 5.92 Å². The summed E-state index contributed by atoms with van der Waals surface area (Å²) in [4.78, 5) is 23.1. The van der Waals surface area contributed by atoms with Crippen LogP contribution in [0.15, 0.2) is 30.3 Å². The van der Waals surface area contributed by atoms with Crippen molar-refractivity contribution in [3.05, 3.63) is 35.9 Å². The maximum absolute atomic E-state index is 11.8. The van der Waals surface area contributed by atoms with Crippen LogP contribution in [0.1, 0.15) is 38.2 Å². The highest BCUT2D eigenvalue weighted by molar-refractivity contribution is 5.84. The van der Waals surface area contributed by atoms with Crippen LogP contribution < -0.4 is 0 Å². The first kappa shape index (κ1) is 14.4. The lowest BCUT2D eigenvalue weighted by Crippen LogP contribution is -2.17. The zero-order valence-corrected chi connectivity index (χ0v) is 11.2. The first-order valence-corrected chi connectivity index (χ1v) is 6.19. The molecule has 1 rings (SSSR count). The molecule has 2 unspecified atom stereocenters. The van der Waals surface area contributed by atoms with Crippen molar-refractivity contribution in [1.29, 1.82) is 0 Å². The summed E-state index contributed by atoms with van der Waals surface area (Å²) < 4.78 is 4.61. The second kappa shape index (κ2) is 6.94. The predicted molar refractivity (Wildman–Crippen MR) is 70.3 cm³/mol. The zero-order chi connectivity index (χ0) is 13.5. The van der Waals surface area contributed by atoms with Gasteiger partial charge >= 0.3 is 5.97 Å². The van der Waals surface area contributed by atoms with E-state index in [4.69, 9.17) is 0 Å². The van der Waals surface area contributed by atoms with Gasteiger partial charge in [-0.1, -0.05) is 44.2 Å². The predicted octanol–water partition coefficient (Wildman–Crippen LogP) is 2.95. The highest BCUT2D eigenvalue weighted by Gasteiger charge is 2.19. The molecule has 1 aromatic carbocycles. The number of hydrogen-bond acceptors (Lipinski definition) is 3. The molecule has 0 aromatic heterocycles. The quantitative estimate of drug-likeness (QED) is 0.727. The third kappa shape index (κ3) is 4.32. The fraction of sp³-hybridized carbons (Fsp3) is 0.467. The summed E-state index contributed by atoms with van der Waals surface area (Å²) in [5, 5.41) is 0. The molecule has 0 bridgehead atoms. The number of methoxy groups -OCH3 is 1. The van der Waals surface area contributed by atoms with E-state index in [2.05, 4.69) is 4.74 Å². The largest absolute Gasteiger partial charge is 0.469 e. The Hall–Kier alpha value is -1.64. The SMILES string of the molecule is COC(=O)C(C)CC(=O)CC(C)c1ccccc1. The second-order valence-electron chi connectivity index (χ2n) is 4.68. The summed E-state index contributed by atoms with van der Waals surface area (Å²) in [7, 11) is 1.34. The van der Waals surface area contributed by atoms with Crippen LogP contribution in [0.25, 0.3) is 0 Å². The van der Waals surface area contributed by atoms with Gasteiger partial charge in [0.25, 0.3) is 0 Å². The van der Waals surface area contributed by atoms with Gasteiger partial charge in [0.2, 0.25) is 0 Å². The highest BCUT2D eigenvalue weighted by atomic mass is 16.5. The monoisotopic (exact) mass is 248 g/mol. The number of carbonyl (C=O) groups is 2. The molecule has 2 atom stereocenters. The van der Waals surface area contributed by atoms with Crippen molar-refractivity contribution in [1.82, 2.24) is 0 Å². The van der Waals surface area contributed by atoms with E-state index in [0.717, 1.165) is 5.56 Å². The summed E-state index contributed by atoms with van der Waals surface area (Å²) in [6, 6.07) is 9.92. The molecule has 0 spiro atoms. The summed E-state index contributed by atoms with van der Waals surface area (Å²) in [6.45, 7) is 3.74. The molecule has 0 saturated heterocycles. The Morgan fingerprint density at radius 1 is 1.11 bits per heavy atom. The molecule has 1 aromatic rings. The summed E-state index contributed by atoms with van der Waals surface area (Å²) >= 11 is 0. The minimum absolute atomic E-state index is 0.101. The topological polar surface area (TPSA) is 43.4 Å². The van der Waals surface area contributed by atoms with Gasteiger partial charge in [0.15, 0.2) is 0 Å². The number of ketones is 1. The van der Waals surface area contributed by atoms with Crippen LogP contribution in [-0.4, -0.2) is 18.9 Å². The van der Waals surface area contributed by atoms with E-state index in [1.54, 1.807) is 6.92 Å². The Morgan fingerprint density at radius 2 is 1.72 bits per heavy atom. The lowest BCUT2D eigenvalue weighted by atomic mass is 9.92. The van der Waals surface area contributed by atoms with Crippen LogP contribution >= 0.6 is 0 Å². The van der Waals surface area contributed by atoms with Crippen molar-refractivity contribution in [2.75, 3.05) is 7.11 Å². The molecular weight excluding hydrogens is 228 g/mol. The van der Waals surface area contributed by atoms with E-state index >= 15 is 0 Å². The van der Waals surface area contributed by atoms with Crippen LogP contribution in [0.2, 0.25) is 0 Å². The number of esters is 1. The number of rotatable bonds is 6. The molecule has 0 heterocycles. The Bertz CT molecular complexity index is 397. The van der Waals surface area contributed by atoms with E-state index in [1.807, 2.05) is 37.3 Å². The number of ether oxygens (including phenoxy) is 1. The molecule has 98 valence electrons. The lowest BCUT2D eigenvalue weighted by molar-refractivity contribution is -0.146. The van der Waals surface area contributed by atoms with Crippen molar-refractivity contribution >= 4 is 11.8 Å². The molecule has 0 aliphatic carbocycles. The van der Waals surface area contributed by atoms with Crippen molar-refractivity contribution in [2.24, 2.45) is 5.92 Å². The Labute approximate surface area is 108 Å². The van der Waals surface area contributed by atoms with Gasteiger partial charge in [-0.3, -0.25) is 9.59 Å². The molecule has 18 heavy (non-hydrogen) atoms. The molecule has 0 fully saturated rings. The first-order valence-electron chi connectivity index (χ1n) is 6.19. The molecular formula is C15H20O3. The van der Waals surface area contributed by atoms with Gasteiger partial charge in [-0.05, 0) is 11.5 Å². The van der Waals surface area contributed by atoms with Crippen molar-refractivity contribution < 1.29 is 14.3 Å². The van der Waals surface area contributed by atoms with Gasteiger partial charge in [0, 0.05) is 12.8 Å². The number of carbonyl (C=O) groups excluding carboxylic acids is 2. The number of benzene rings is 1. The smallest absolute Gasteiger partial charge is 0.308 e. The standard InChI is InChI=1S/C15H20O3/c1-11(13-7-5-4-6-8-13)9-14(16)10-12(2)15(17)18-3/h4-8,11-12H,9-10H2,1-3H3. The molecule has 0 radical (unpaired) electrons. The molecule has 0 saturated carbocycles. The molecule has 3 nitrogen and oxygen atoms in total. The summed E-state index contributed by atoms with van der Waals surface area (Å²) in [5.41, 5.74) is 1.15. The van der Waals surface area contributed by atoms with Crippen LogP contribution in [0.3, 0.4) is 0 Å². The molecule has 0 aliphatic rings. The second-order valence-corrected chi connectivity index (χ2v) is 4.68. The molecule has 3 heteroatoms. The average Bonchev–Trinajstić information content (AvgIpc) is 2.38. The van der Waals surface area contributed by atoms with Gasteiger partial charge < -0.3 is 4.74 Å². The maximum atomic E-state index is 11.8. The molecule has 0 aliphatic heterocycles. The van der Waals surface area contributed by atoms with E-state index in [0.29, 0.717) is 6.42 Å². The van der Waals surface area contributed by atoms with Crippen molar-refractivity contribution in [3.8, 4) is 0 Å². The summed E-state index contributed by atoms with van der Waals surface area (Å²) in [6.07, 6.45) is 0.717. The van der Waals surface area contributed by atoms with Crippen molar-refractivity contribution in [3.63, 3.8) is 0 Å². The van der Waals surface area contributed by atoms with Gasteiger partial charge in [-0.15, -0.1) is 0 Å². The minimum Gasteiger partial charge on any atom is -0.469 e. The first-order chi connectivity index (χ1) is 8.54. The van der Waals surface area contributed by atoms with Crippen LogP contribution in [-0.2, 0) is 14.3 Å². The maximum Gasteiger partial charge on any atom is 0.308 e. The van der Waals surface area contributed by atoms with Gasteiger partial charge in [-0.25, -0.2) is 0 Å². The van der Waals surface area contributed by atoms with Gasteiger partial charge in [-0.2, -0.15) is 0 Å². The fourth-order valence-corrected chi connectivity index (χ4v) is 1.95. The van der Waals surface area contributed by atoms with E-state index in [9.17, 15) is 9.59 Å². The normalized spacial score (nSPS) is 13.7. The third-order valence-electron chi connectivity index (χ3n) is 3.04. The highest BCUT2D eigenvalue weighted by Crippen LogP contribution is 2.20. The van der Waals surface area contributed by atoms with E-state index < -0.39 is 0 Å². The average molecular weight is 248 g/mol. The fourth-order valence-electron chi connectivity index (χ4n) is 1.95. The van der Waals surface area contributed by atoms with E-state index in [1.165, 1.54) is 7.11 Å². The molecule has 0 amide bonds. The zero-order valence-electron chi connectivity index (χ0n) is 11.2. The van der Waals surface area contributed by atoms with Gasteiger partial charge in [0.05, 0.1) is 13.0 Å². The Balaban J connectivity index is 2.48. The number of Topliss-reactive ketones (excluding diaryl/α,β-unsaturated/α-hetero) is 1. The third-order valence-corrected chi connectivity index (χ3v) is 3.04. The van der Waals surface area contributed by atoms with Gasteiger partial charge in [0.1, 0.15) is 5.78 Å². The number of hydrogen-bond donors (Lipinski definition) is 0. The summed E-state index contributed by atoms with van der Waals surface area (Å²) in [5.74, 6) is -0.394. The lowest BCUT2D eigenvalue weighted by Gasteiger charge is -2.12. The Kier molecular flexibility index (Phi) is 5.56. The van der Waals surface area contributed by atoms with Crippen molar-refractivity contribution in [2.45, 2.75) is 32.6 Å². The Morgan fingerprint density at radius 3 is 2.28 bits per heavy atom. The van der Waals surface area contributed by atoms with E-state index in [-0.39, 0.29) is 30.0 Å². The minimum atomic E-state index is -0.356. The van der Waals surface area contributed by atoms with Crippen LogP contribution in [0.4, 0.5) is 0 Å². The molecule has 0 N–H and O–H groups in total.